The lowest BCUT2D eigenvalue weighted by Gasteiger charge is -2.02. The Kier molecular flexibility index (Phi) is 5.25. The molecule has 1 aliphatic rings. The van der Waals surface area contributed by atoms with E-state index in [1.54, 1.807) is 6.08 Å². The second-order valence-corrected chi connectivity index (χ2v) is 7.05. The second-order valence-electron chi connectivity index (χ2n) is 6.19. The monoisotopic (exact) mass is 394 g/mol. The summed E-state index contributed by atoms with van der Waals surface area (Å²) in [6, 6.07) is 13.5. The van der Waals surface area contributed by atoms with Gasteiger partial charge >= 0.3 is 5.97 Å². The van der Waals surface area contributed by atoms with Gasteiger partial charge in [-0.05, 0) is 42.8 Å². The first-order valence-electron chi connectivity index (χ1n) is 8.68. The van der Waals surface area contributed by atoms with E-state index in [0.29, 0.717) is 17.2 Å². The fourth-order valence-electron chi connectivity index (χ4n) is 2.57. The van der Waals surface area contributed by atoms with E-state index < -0.39 is 5.97 Å². The molecule has 6 nitrogen and oxygen atoms in total. The average Bonchev–Trinajstić information content (AvgIpc) is 3.35. The van der Waals surface area contributed by atoms with Gasteiger partial charge in [0.25, 0.3) is 0 Å². The van der Waals surface area contributed by atoms with Crippen LogP contribution in [-0.4, -0.2) is 17.7 Å². The number of hydrogen-bond acceptors (Lipinski definition) is 7. The fraction of sp³-hybridized carbons (Fsp3) is 0.143. The lowest BCUT2D eigenvalue weighted by atomic mass is 10.2. The van der Waals surface area contributed by atoms with E-state index in [2.05, 4.69) is 10.3 Å². The number of carbonyl (C=O) groups is 1. The number of hydrogen-bond donors (Lipinski definition) is 1. The van der Waals surface area contributed by atoms with Gasteiger partial charge in [0.1, 0.15) is 6.61 Å². The van der Waals surface area contributed by atoms with Crippen LogP contribution in [0.1, 0.15) is 16.8 Å². The molecule has 0 spiro atoms. The summed E-state index contributed by atoms with van der Waals surface area (Å²) < 4.78 is 15.8. The summed E-state index contributed by atoms with van der Waals surface area (Å²) in [7, 11) is 0. The zero-order chi connectivity index (χ0) is 19.3. The van der Waals surface area contributed by atoms with Crippen molar-refractivity contribution < 1.29 is 19.0 Å². The van der Waals surface area contributed by atoms with E-state index >= 15 is 0 Å². The van der Waals surface area contributed by atoms with Crippen LogP contribution in [0.5, 0.6) is 11.5 Å². The van der Waals surface area contributed by atoms with E-state index in [4.69, 9.17) is 14.2 Å². The van der Waals surface area contributed by atoms with Crippen molar-refractivity contribution in [1.82, 2.24) is 4.98 Å². The number of nitrogens with one attached hydrogen (secondary N) is 1. The number of anilines is 2. The number of nitrogens with zero attached hydrogens (tertiary/aromatic N) is 1. The zero-order valence-corrected chi connectivity index (χ0v) is 16.0. The Balaban J connectivity index is 1.29. The molecule has 0 fully saturated rings. The maximum Gasteiger partial charge on any atom is 0.331 e. The topological polar surface area (TPSA) is 69.7 Å². The first-order valence-corrected chi connectivity index (χ1v) is 9.56. The number of aromatic nitrogens is 1. The molecule has 0 saturated heterocycles. The molecule has 0 amide bonds. The van der Waals surface area contributed by atoms with Crippen LogP contribution in [-0.2, 0) is 16.1 Å². The van der Waals surface area contributed by atoms with Gasteiger partial charge in [-0.2, -0.15) is 0 Å². The van der Waals surface area contributed by atoms with Crippen molar-refractivity contribution in [3.63, 3.8) is 0 Å². The number of aryl methyl sites for hydroxylation is 1. The third kappa shape index (κ3) is 4.50. The van der Waals surface area contributed by atoms with Gasteiger partial charge in [0, 0.05) is 17.1 Å². The van der Waals surface area contributed by atoms with E-state index in [0.717, 1.165) is 16.4 Å². The van der Waals surface area contributed by atoms with Gasteiger partial charge in [-0.15, -0.1) is 11.3 Å². The van der Waals surface area contributed by atoms with Gasteiger partial charge in [0.15, 0.2) is 16.6 Å². The molecule has 1 aliphatic heterocycles. The number of benzene rings is 2. The summed E-state index contributed by atoms with van der Waals surface area (Å²) in [4.78, 5) is 16.4. The van der Waals surface area contributed by atoms with Crippen LogP contribution in [0, 0.1) is 6.92 Å². The van der Waals surface area contributed by atoms with Crippen molar-refractivity contribution in [3.8, 4) is 11.5 Å². The first-order chi connectivity index (χ1) is 13.7. The van der Waals surface area contributed by atoms with Crippen LogP contribution >= 0.6 is 11.3 Å². The van der Waals surface area contributed by atoms with Gasteiger partial charge in [0.2, 0.25) is 6.79 Å². The molecule has 3 aromatic rings. The highest BCUT2D eigenvalue weighted by Crippen LogP contribution is 2.32. The summed E-state index contributed by atoms with van der Waals surface area (Å²) in [6.45, 7) is 2.38. The van der Waals surface area contributed by atoms with Crippen LogP contribution in [0.2, 0.25) is 0 Å². The smallest absolute Gasteiger partial charge is 0.331 e. The first kappa shape index (κ1) is 18.1. The Labute approximate surface area is 166 Å². The molecule has 1 aromatic heterocycles. The van der Waals surface area contributed by atoms with Crippen LogP contribution in [0.4, 0.5) is 10.8 Å². The molecule has 2 heterocycles. The summed E-state index contributed by atoms with van der Waals surface area (Å²) in [5.74, 6) is 0.948. The Bertz CT molecular complexity index is 1010. The van der Waals surface area contributed by atoms with Crippen molar-refractivity contribution in [3.05, 3.63) is 70.7 Å². The molecular formula is C21H18N2O4S. The minimum Gasteiger partial charge on any atom is -0.456 e. The predicted octanol–water partition coefficient (Wildman–Crippen LogP) is 4.68. The highest BCUT2D eigenvalue weighted by molar-refractivity contribution is 7.13. The number of thiazole rings is 1. The Hall–Kier alpha value is -3.32. The molecule has 0 aliphatic carbocycles. The number of carbonyl (C=O) groups excluding carboxylic acids is 1. The van der Waals surface area contributed by atoms with E-state index in [-0.39, 0.29) is 13.4 Å². The molecule has 0 unspecified atom stereocenters. The maximum absolute atomic E-state index is 11.9. The lowest BCUT2D eigenvalue weighted by molar-refractivity contribution is -0.139. The van der Waals surface area contributed by atoms with Gasteiger partial charge < -0.3 is 19.5 Å². The quantitative estimate of drug-likeness (QED) is 0.484. The number of fused-ring (bicyclic) bond motifs is 1. The van der Waals surface area contributed by atoms with E-state index in [9.17, 15) is 4.79 Å². The van der Waals surface area contributed by atoms with Crippen LogP contribution in [0.25, 0.3) is 6.08 Å². The standard InChI is InChI=1S/C21H18N2O4S/c1-14-2-6-16(7-3-14)22-21-23-17(12-28-21)11-25-20(24)9-5-15-4-8-18-19(10-15)27-13-26-18/h2-10,12H,11,13H2,1H3,(H,22,23)/b9-5+. The predicted molar refractivity (Wildman–Crippen MR) is 108 cm³/mol. The minimum atomic E-state index is -0.432. The molecule has 0 atom stereocenters. The average molecular weight is 394 g/mol. The summed E-state index contributed by atoms with van der Waals surface area (Å²) >= 11 is 1.46. The van der Waals surface area contributed by atoms with Crippen LogP contribution < -0.4 is 14.8 Å². The third-order valence-electron chi connectivity index (χ3n) is 4.03. The summed E-state index contributed by atoms with van der Waals surface area (Å²) in [5.41, 5.74) is 3.70. The van der Waals surface area contributed by atoms with Crippen LogP contribution in [0.15, 0.2) is 53.9 Å². The lowest BCUT2D eigenvalue weighted by Crippen LogP contribution is -2.01. The number of esters is 1. The molecule has 1 N–H and O–H groups in total. The zero-order valence-electron chi connectivity index (χ0n) is 15.2. The van der Waals surface area contributed by atoms with Crippen molar-refractivity contribution in [1.29, 1.82) is 0 Å². The Morgan fingerprint density at radius 2 is 2.04 bits per heavy atom. The van der Waals surface area contributed by atoms with Crippen LogP contribution in [0.3, 0.4) is 0 Å². The highest BCUT2D eigenvalue weighted by atomic mass is 32.1. The summed E-state index contributed by atoms with van der Waals surface area (Å²) in [5, 5.41) is 5.86. The highest BCUT2D eigenvalue weighted by Gasteiger charge is 2.12. The largest absolute Gasteiger partial charge is 0.456 e. The number of ether oxygens (including phenoxy) is 3. The van der Waals surface area contributed by atoms with Gasteiger partial charge in [0.05, 0.1) is 5.69 Å². The Morgan fingerprint density at radius 1 is 1.21 bits per heavy atom. The van der Waals surface area contributed by atoms with Gasteiger partial charge in [-0.1, -0.05) is 23.8 Å². The fourth-order valence-corrected chi connectivity index (χ4v) is 3.28. The molecule has 4 rings (SSSR count). The molecule has 0 radical (unpaired) electrons. The SMILES string of the molecule is Cc1ccc(Nc2nc(COC(=O)/C=C/c3ccc4c(c3)OCO4)cs2)cc1. The number of rotatable bonds is 6. The molecular weight excluding hydrogens is 376 g/mol. The van der Waals surface area contributed by atoms with Gasteiger partial charge in [-0.3, -0.25) is 0 Å². The molecule has 0 saturated carbocycles. The molecule has 2 aromatic carbocycles. The summed E-state index contributed by atoms with van der Waals surface area (Å²) in [6.07, 6.45) is 3.06. The van der Waals surface area contributed by atoms with Crippen molar-refractivity contribution in [2.75, 3.05) is 12.1 Å². The third-order valence-corrected chi connectivity index (χ3v) is 4.83. The minimum absolute atomic E-state index is 0.121. The van der Waals surface area contributed by atoms with Crippen molar-refractivity contribution in [2.45, 2.75) is 13.5 Å². The van der Waals surface area contributed by atoms with E-state index in [1.165, 1.54) is 23.0 Å². The molecule has 142 valence electrons. The molecule has 0 bridgehead atoms. The van der Waals surface area contributed by atoms with E-state index in [1.807, 2.05) is 54.8 Å². The van der Waals surface area contributed by atoms with Gasteiger partial charge in [-0.25, -0.2) is 9.78 Å². The molecule has 28 heavy (non-hydrogen) atoms. The molecule has 7 heteroatoms. The van der Waals surface area contributed by atoms with Crippen molar-refractivity contribution in [2.24, 2.45) is 0 Å². The Morgan fingerprint density at radius 3 is 2.89 bits per heavy atom. The second kappa shape index (κ2) is 8.14. The maximum atomic E-state index is 11.9. The normalized spacial score (nSPS) is 12.3. The van der Waals surface area contributed by atoms with Crippen molar-refractivity contribution >= 4 is 34.2 Å².